The highest BCUT2D eigenvalue weighted by Gasteiger charge is 2.20. The van der Waals surface area contributed by atoms with Crippen LogP contribution in [0.15, 0.2) is 4.99 Å². The van der Waals surface area contributed by atoms with E-state index < -0.39 is 0 Å². The number of unbranched alkanes of at least 4 members (excludes halogenated alkanes) is 1. The highest BCUT2D eigenvalue weighted by molar-refractivity contribution is 14.0. The summed E-state index contributed by atoms with van der Waals surface area (Å²) < 4.78 is 0. The Balaban J connectivity index is 0.00000338. The summed E-state index contributed by atoms with van der Waals surface area (Å²) in [6, 6.07) is 0. The number of aliphatic imine (C=N–C) groups is 1. The number of guanidine groups is 1. The summed E-state index contributed by atoms with van der Waals surface area (Å²) >= 11 is 0. The Morgan fingerprint density at radius 1 is 1.08 bits per heavy atom. The number of halogens is 1. The fraction of sp³-hybridized carbons (Fsp3) is 0.950. The van der Waals surface area contributed by atoms with Gasteiger partial charge in [0.25, 0.3) is 0 Å². The molecule has 0 aromatic carbocycles. The van der Waals surface area contributed by atoms with Gasteiger partial charge in [-0.05, 0) is 51.1 Å². The Bertz CT molecular complexity index is 388. The fourth-order valence-electron chi connectivity index (χ4n) is 4.10. The Morgan fingerprint density at radius 3 is 2.35 bits per heavy atom. The van der Waals surface area contributed by atoms with Crippen molar-refractivity contribution in [1.82, 2.24) is 20.0 Å². The van der Waals surface area contributed by atoms with Gasteiger partial charge in [0, 0.05) is 53.4 Å². The van der Waals surface area contributed by atoms with Crippen LogP contribution in [0.5, 0.6) is 0 Å². The number of likely N-dealkylation sites (N-methyl/N-ethyl adjacent to an activating group) is 1. The number of nitrogens with zero attached hydrogens (tertiary/aromatic N) is 4. The molecule has 2 fully saturated rings. The van der Waals surface area contributed by atoms with Crippen LogP contribution in [0.2, 0.25) is 0 Å². The first-order valence-electron chi connectivity index (χ1n) is 10.4. The molecule has 1 aliphatic heterocycles. The zero-order valence-corrected chi connectivity index (χ0v) is 19.9. The van der Waals surface area contributed by atoms with Crippen molar-refractivity contribution in [2.75, 3.05) is 67.0 Å². The minimum Gasteiger partial charge on any atom is -0.356 e. The minimum atomic E-state index is 0. The monoisotopic (exact) mass is 479 g/mol. The summed E-state index contributed by atoms with van der Waals surface area (Å²) in [5, 5.41) is 3.56. The zero-order chi connectivity index (χ0) is 18.1. The van der Waals surface area contributed by atoms with E-state index in [1.54, 1.807) is 0 Å². The second-order valence-electron chi connectivity index (χ2n) is 8.33. The third kappa shape index (κ3) is 8.74. The maximum atomic E-state index is 4.48. The van der Waals surface area contributed by atoms with Gasteiger partial charge in [-0.3, -0.25) is 4.99 Å². The van der Waals surface area contributed by atoms with E-state index in [1.807, 2.05) is 7.05 Å². The lowest BCUT2D eigenvalue weighted by Gasteiger charge is -2.32. The van der Waals surface area contributed by atoms with Crippen LogP contribution in [-0.2, 0) is 0 Å². The molecule has 2 aliphatic rings. The van der Waals surface area contributed by atoms with Crippen LogP contribution in [0.4, 0.5) is 0 Å². The van der Waals surface area contributed by atoms with Gasteiger partial charge >= 0.3 is 0 Å². The second kappa shape index (κ2) is 13.2. The summed E-state index contributed by atoms with van der Waals surface area (Å²) in [7, 11) is 6.32. The van der Waals surface area contributed by atoms with E-state index >= 15 is 0 Å². The van der Waals surface area contributed by atoms with E-state index in [-0.39, 0.29) is 24.0 Å². The van der Waals surface area contributed by atoms with Gasteiger partial charge in [-0.2, -0.15) is 0 Å². The predicted octanol–water partition coefficient (Wildman–Crippen LogP) is 2.97. The van der Waals surface area contributed by atoms with Gasteiger partial charge in [-0.1, -0.05) is 19.8 Å². The summed E-state index contributed by atoms with van der Waals surface area (Å²) in [5.41, 5.74) is 0. The normalized spacial score (nSPS) is 25.6. The van der Waals surface area contributed by atoms with Crippen molar-refractivity contribution in [3.05, 3.63) is 0 Å². The molecule has 0 radical (unpaired) electrons. The SMILES string of the molecule is CN=C(NCCCCN1CCN(C)CC1)N(C)CC1CCC(C)CC1.I. The topological polar surface area (TPSA) is 34.1 Å². The molecule has 1 N–H and O–H groups in total. The molecule has 0 aromatic heterocycles. The lowest BCUT2D eigenvalue weighted by atomic mass is 9.83. The Hall–Kier alpha value is -0.0800. The predicted molar refractivity (Wildman–Crippen MR) is 124 cm³/mol. The van der Waals surface area contributed by atoms with E-state index in [1.165, 1.54) is 71.2 Å². The van der Waals surface area contributed by atoms with E-state index in [0.29, 0.717) is 0 Å². The van der Waals surface area contributed by atoms with E-state index in [0.717, 1.165) is 30.9 Å². The number of nitrogens with one attached hydrogen (secondary N) is 1. The Labute approximate surface area is 179 Å². The first-order valence-corrected chi connectivity index (χ1v) is 10.4. The van der Waals surface area contributed by atoms with E-state index in [2.05, 4.69) is 46.0 Å². The quantitative estimate of drug-likeness (QED) is 0.264. The van der Waals surface area contributed by atoms with Crippen molar-refractivity contribution in [2.24, 2.45) is 16.8 Å². The maximum Gasteiger partial charge on any atom is 0.193 e. The molecule has 0 amide bonds. The summed E-state index contributed by atoms with van der Waals surface area (Å²) in [5.74, 6) is 2.84. The fourth-order valence-corrected chi connectivity index (χ4v) is 4.10. The van der Waals surface area contributed by atoms with Gasteiger partial charge < -0.3 is 20.0 Å². The van der Waals surface area contributed by atoms with Gasteiger partial charge in [-0.15, -0.1) is 24.0 Å². The third-order valence-corrected chi connectivity index (χ3v) is 6.02. The van der Waals surface area contributed by atoms with Crippen molar-refractivity contribution in [2.45, 2.75) is 45.4 Å². The van der Waals surface area contributed by atoms with Gasteiger partial charge in [0.1, 0.15) is 0 Å². The smallest absolute Gasteiger partial charge is 0.193 e. The van der Waals surface area contributed by atoms with Crippen molar-refractivity contribution < 1.29 is 0 Å². The zero-order valence-electron chi connectivity index (χ0n) is 17.5. The Kier molecular flexibility index (Phi) is 12.1. The molecule has 0 unspecified atom stereocenters. The third-order valence-electron chi connectivity index (χ3n) is 6.02. The second-order valence-corrected chi connectivity index (χ2v) is 8.33. The number of piperazine rings is 1. The first kappa shape index (κ1) is 24.0. The van der Waals surface area contributed by atoms with Crippen LogP contribution in [0, 0.1) is 11.8 Å². The molecule has 1 heterocycles. The summed E-state index contributed by atoms with van der Waals surface area (Å²) in [6.07, 6.45) is 8.06. The largest absolute Gasteiger partial charge is 0.356 e. The van der Waals surface area contributed by atoms with Crippen LogP contribution in [0.3, 0.4) is 0 Å². The maximum absolute atomic E-state index is 4.48. The van der Waals surface area contributed by atoms with Crippen molar-refractivity contribution >= 4 is 29.9 Å². The van der Waals surface area contributed by atoms with Gasteiger partial charge in [-0.25, -0.2) is 0 Å². The van der Waals surface area contributed by atoms with E-state index in [9.17, 15) is 0 Å². The lowest BCUT2D eigenvalue weighted by Crippen LogP contribution is -2.45. The molecule has 1 saturated heterocycles. The standard InChI is InChI=1S/C20H41N5.HI/c1-18-7-9-19(10-8-18)17-24(4)20(21-2)22-11-5-6-12-25-15-13-23(3)14-16-25;/h18-19H,5-17H2,1-4H3,(H,21,22);1H. The molecule has 0 bridgehead atoms. The van der Waals surface area contributed by atoms with Crippen LogP contribution in [0.25, 0.3) is 0 Å². The van der Waals surface area contributed by atoms with Gasteiger partial charge in [0.15, 0.2) is 5.96 Å². The van der Waals surface area contributed by atoms with Crippen LogP contribution in [-0.4, -0.2) is 87.6 Å². The van der Waals surface area contributed by atoms with Crippen LogP contribution in [0.1, 0.15) is 45.4 Å². The molecule has 0 spiro atoms. The molecule has 0 atom stereocenters. The van der Waals surface area contributed by atoms with Crippen LogP contribution < -0.4 is 5.32 Å². The molecule has 2 rings (SSSR count). The number of hydrogen-bond donors (Lipinski definition) is 1. The molecular weight excluding hydrogens is 437 g/mol. The molecule has 26 heavy (non-hydrogen) atoms. The minimum absolute atomic E-state index is 0. The van der Waals surface area contributed by atoms with Crippen molar-refractivity contribution in [3.63, 3.8) is 0 Å². The molecule has 1 saturated carbocycles. The lowest BCUT2D eigenvalue weighted by molar-refractivity contribution is 0.152. The highest BCUT2D eigenvalue weighted by atomic mass is 127. The van der Waals surface area contributed by atoms with Crippen molar-refractivity contribution in [1.29, 1.82) is 0 Å². The van der Waals surface area contributed by atoms with Crippen LogP contribution >= 0.6 is 24.0 Å². The molecule has 1 aliphatic carbocycles. The molecular formula is C20H42IN5. The molecule has 5 nitrogen and oxygen atoms in total. The first-order chi connectivity index (χ1) is 12.1. The van der Waals surface area contributed by atoms with Gasteiger partial charge in [0.05, 0.1) is 0 Å². The molecule has 0 aromatic rings. The van der Waals surface area contributed by atoms with Crippen molar-refractivity contribution in [3.8, 4) is 0 Å². The average molecular weight is 479 g/mol. The summed E-state index contributed by atoms with van der Waals surface area (Å²) in [6.45, 7) is 10.7. The molecule has 6 heteroatoms. The number of hydrogen-bond acceptors (Lipinski definition) is 3. The number of rotatable bonds is 7. The highest BCUT2D eigenvalue weighted by Crippen LogP contribution is 2.28. The average Bonchev–Trinajstić information content (AvgIpc) is 2.61. The Morgan fingerprint density at radius 2 is 1.73 bits per heavy atom. The van der Waals surface area contributed by atoms with E-state index in [4.69, 9.17) is 0 Å². The summed E-state index contributed by atoms with van der Waals surface area (Å²) in [4.78, 5) is 11.8. The van der Waals surface area contributed by atoms with Gasteiger partial charge in [0.2, 0.25) is 0 Å². The molecule has 154 valence electrons.